The zero-order valence-electron chi connectivity index (χ0n) is 21.4. The molecule has 34 heavy (non-hydrogen) atoms. The highest BCUT2D eigenvalue weighted by molar-refractivity contribution is 6.58. The first-order valence-electron chi connectivity index (χ1n) is 11.4. The Kier molecular flexibility index (Phi) is 8.10. The number of phenolic OH excluding ortho intramolecular Hbond substituents is 2. The van der Waals surface area contributed by atoms with Gasteiger partial charge in [0.05, 0.1) is 6.61 Å². The maximum Gasteiger partial charge on any atom is 0.261 e. The van der Waals surface area contributed by atoms with Gasteiger partial charge in [-0.2, -0.15) is 0 Å². The van der Waals surface area contributed by atoms with Gasteiger partial charge in [0.1, 0.15) is 11.5 Å². The lowest BCUT2D eigenvalue weighted by Crippen LogP contribution is -2.19. The van der Waals surface area contributed by atoms with E-state index in [1.807, 2.05) is 60.6 Å². The molecule has 1 unspecified atom stereocenters. The molecule has 0 radical (unpaired) electrons. The first-order valence-corrected chi connectivity index (χ1v) is 11.4. The summed E-state index contributed by atoms with van der Waals surface area (Å²) in [4.78, 5) is 34.5. The Balaban J connectivity index is 2.76. The van der Waals surface area contributed by atoms with Crippen LogP contribution in [0.25, 0.3) is 0 Å². The molecule has 0 amide bonds. The summed E-state index contributed by atoms with van der Waals surface area (Å²) in [6.07, 6.45) is -0.228. The predicted molar refractivity (Wildman–Crippen MR) is 132 cm³/mol. The quantitative estimate of drug-likeness (QED) is 0.326. The molecule has 6 nitrogen and oxygen atoms in total. The fourth-order valence-electron chi connectivity index (χ4n) is 4.10. The van der Waals surface area contributed by atoms with Crippen molar-refractivity contribution in [1.29, 1.82) is 0 Å². The number of aldehydes is 1. The van der Waals surface area contributed by atoms with Crippen LogP contribution in [-0.2, 0) is 43.0 Å². The molecular weight excluding hydrogens is 432 g/mol. The van der Waals surface area contributed by atoms with Crippen molar-refractivity contribution in [3.63, 3.8) is 0 Å². The molecule has 2 aromatic carbocycles. The molecular formula is C28H36O6. The number of carbonyl (C=O) groups excluding carboxylic acids is 3. The number of carbonyl (C=O) groups is 3. The van der Waals surface area contributed by atoms with Crippen molar-refractivity contribution in [2.24, 2.45) is 0 Å². The largest absolute Gasteiger partial charge is 0.507 e. The number of rotatable bonds is 8. The van der Waals surface area contributed by atoms with E-state index in [2.05, 4.69) is 0 Å². The van der Waals surface area contributed by atoms with E-state index >= 15 is 0 Å². The summed E-state index contributed by atoms with van der Waals surface area (Å²) >= 11 is 0. The van der Waals surface area contributed by atoms with E-state index in [-0.39, 0.29) is 29.6 Å². The Morgan fingerprint density at radius 1 is 0.882 bits per heavy atom. The minimum atomic E-state index is -1.08. The molecule has 1 atom stereocenters. The highest BCUT2D eigenvalue weighted by Gasteiger charge is 2.28. The fraction of sp³-hybridized carbons (Fsp3) is 0.464. The van der Waals surface area contributed by atoms with Crippen molar-refractivity contribution in [2.45, 2.75) is 78.2 Å². The number of ether oxygens (including phenoxy) is 1. The first-order chi connectivity index (χ1) is 15.6. The van der Waals surface area contributed by atoms with E-state index in [1.54, 1.807) is 19.2 Å². The monoisotopic (exact) mass is 468 g/mol. The minimum absolute atomic E-state index is 0.0182. The third kappa shape index (κ3) is 5.92. The Hall–Kier alpha value is -2.99. The lowest BCUT2D eigenvalue weighted by molar-refractivity contribution is -0.139. The van der Waals surface area contributed by atoms with Crippen molar-refractivity contribution >= 4 is 17.9 Å². The van der Waals surface area contributed by atoms with Gasteiger partial charge in [0.15, 0.2) is 6.29 Å². The van der Waals surface area contributed by atoms with Crippen LogP contribution in [0.1, 0.15) is 87.8 Å². The smallest absolute Gasteiger partial charge is 0.261 e. The fourth-order valence-corrected chi connectivity index (χ4v) is 4.10. The van der Waals surface area contributed by atoms with Crippen LogP contribution in [0.5, 0.6) is 11.5 Å². The van der Waals surface area contributed by atoms with Gasteiger partial charge >= 0.3 is 0 Å². The van der Waals surface area contributed by atoms with E-state index < -0.39 is 22.9 Å². The zero-order valence-corrected chi connectivity index (χ0v) is 21.4. The Bertz CT molecular complexity index is 1100. The lowest BCUT2D eigenvalue weighted by atomic mass is 9.78. The summed E-state index contributed by atoms with van der Waals surface area (Å²) in [5, 5.41) is 22.5. The lowest BCUT2D eigenvalue weighted by Gasteiger charge is -2.28. The highest BCUT2D eigenvalue weighted by Crippen LogP contribution is 2.44. The maximum absolute atomic E-state index is 12.2. The number of ketones is 2. The summed E-state index contributed by atoms with van der Waals surface area (Å²) in [7, 11) is 1.61. The van der Waals surface area contributed by atoms with Crippen molar-refractivity contribution in [3.05, 3.63) is 57.6 Å². The van der Waals surface area contributed by atoms with Crippen LogP contribution in [0, 0.1) is 0 Å². The number of Topliss-reactive ketones (excluding diaryl/α,β-unsaturated/α-hetero) is 2. The van der Waals surface area contributed by atoms with Crippen LogP contribution in [0.3, 0.4) is 0 Å². The molecule has 6 heteroatoms. The van der Waals surface area contributed by atoms with Crippen LogP contribution in [0.2, 0.25) is 0 Å². The first kappa shape index (κ1) is 27.3. The molecule has 2 rings (SSSR count). The summed E-state index contributed by atoms with van der Waals surface area (Å²) in [6.45, 7) is 14.1. The van der Waals surface area contributed by atoms with Crippen LogP contribution < -0.4 is 0 Å². The summed E-state index contributed by atoms with van der Waals surface area (Å²) in [6, 6.07) is 7.16. The van der Waals surface area contributed by atoms with Gasteiger partial charge in [0, 0.05) is 30.6 Å². The van der Waals surface area contributed by atoms with Gasteiger partial charge in [-0.1, -0.05) is 60.6 Å². The van der Waals surface area contributed by atoms with E-state index in [4.69, 9.17) is 4.74 Å². The minimum Gasteiger partial charge on any atom is -0.507 e. The van der Waals surface area contributed by atoms with Crippen molar-refractivity contribution in [3.8, 4) is 11.5 Å². The van der Waals surface area contributed by atoms with Crippen LogP contribution in [-0.4, -0.2) is 35.2 Å². The second-order valence-corrected chi connectivity index (χ2v) is 10.9. The topological polar surface area (TPSA) is 101 Å². The Labute approximate surface area is 202 Å². The SMILES string of the molecule is COCc1cc(C(C)c2cc(CC(=O)C(=O)C=O)cc(C(C)(C)C)c2O)c(O)c(C(C)(C)C)c1. The average Bonchev–Trinajstić information content (AvgIpc) is 2.73. The number of hydrogen-bond donors (Lipinski definition) is 2. The second kappa shape index (κ2) is 10.1. The maximum atomic E-state index is 12.2. The summed E-state index contributed by atoms with van der Waals surface area (Å²) < 4.78 is 5.33. The van der Waals surface area contributed by atoms with Gasteiger partial charge < -0.3 is 14.9 Å². The molecule has 2 aromatic rings. The molecule has 0 spiro atoms. The molecule has 0 bridgehead atoms. The highest BCUT2D eigenvalue weighted by atomic mass is 16.5. The molecule has 0 aliphatic heterocycles. The Morgan fingerprint density at radius 3 is 1.74 bits per heavy atom. The third-order valence-corrected chi connectivity index (χ3v) is 6.00. The normalized spacial score (nSPS) is 12.9. The van der Waals surface area contributed by atoms with Gasteiger partial charge in [-0.3, -0.25) is 14.4 Å². The summed E-state index contributed by atoms with van der Waals surface area (Å²) in [5.74, 6) is -2.10. The molecule has 184 valence electrons. The number of phenols is 2. The molecule has 0 heterocycles. The van der Waals surface area contributed by atoms with Crippen LogP contribution in [0.15, 0.2) is 24.3 Å². The summed E-state index contributed by atoms with van der Waals surface area (Å²) in [5.41, 5.74) is 3.16. The van der Waals surface area contributed by atoms with Crippen molar-refractivity contribution < 1.29 is 29.3 Å². The van der Waals surface area contributed by atoms with E-state index in [0.717, 1.165) is 11.1 Å². The molecule has 0 aliphatic rings. The van der Waals surface area contributed by atoms with E-state index in [0.29, 0.717) is 28.9 Å². The Morgan fingerprint density at radius 2 is 1.32 bits per heavy atom. The number of benzene rings is 2. The second-order valence-electron chi connectivity index (χ2n) is 10.9. The predicted octanol–water partition coefficient (Wildman–Crippen LogP) is 4.87. The molecule has 0 aliphatic carbocycles. The van der Waals surface area contributed by atoms with Gasteiger partial charge in [0.2, 0.25) is 5.78 Å². The average molecular weight is 469 g/mol. The zero-order chi connectivity index (χ0) is 26.0. The van der Waals surface area contributed by atoms with Crippen LogP contribution >= 0.6 is 0 Å². The molecule has 0 aromatic heterocycles. The molecule has 2 N–H and O–H groups in total. The third-order valence-electron chi connectivity index (χ3n) is 6.00. The van der Waals surface area contributed by atoms with Gasteiger partial charge in [-0.15, -0.1) is 0 Å². The number of aromatic hydroxyl groups is 2. The van der Waals surface area contributed by atoms with Gasteiger partial charge in [-0.25, -0.2) is 0 Å². The number of hydrogen-bond acceptors (Lipinski definition) is 6. The number of methoxy groups -OCH3 is 1. The molecule has 0 saturated heterocycles. The van der Waals surface area contributed by atoms with Crippen molar-refractivity contribution in [1.82, 2.24) is 0 Å². The van der Waals surface area contributed by atoms with Crippen LogP contribution in [0.4, 0.5) is 0 Å². The molecule has 0 saturated carbocycles. The van der Waals surface area contributed by atoms with Gasteiger partial charge in [-0.05, 0) is 45.2 Å². The van der Waals surface area contributed by atoms with E-state index in [1.165, 1.54) is 0 Å². The van der Waals surface area contributed by atoms with Gasteiger partial charge in [0.25, 0.3) is 5.78 Å². The molecule has 0 fully saturated rings. The standard InChI is InChI=1S/C28H36O6/c1-16(20-10-18(15-34-8)12-22(26(20)33)28(5,6)7)19-9-17(13-23(30)24(31)14-29)11-21(25(19)32)27(2,3)4/h9-12,14,16,32-33H,13,15H2,1-8H3. The van der Waals surface area contributed by atoms with E-state index in [9.17, 15) is 24.6 Å². The van der Waals surface area contributed by atoms with Crippen molar-refractivity contribution in [2.75, 3.05) is 7.11 Å².